The van der Waals surface area contributed by atoms with E-state index in [1.807, 2.05) is 43.3 Å². The highest BCUT2D eigenvalue weighted by Crippen LogP contribution is 2.30. The number of benzene rings is 3. The van der Waals surface area contributed by atoms with Crippen LogP contribution >= 0.6 is 0 Å². The first kappa shape index (κ1) is 30.4. The van der Waals surface area contributed by atoms with Crippen molar-refractivity contribution in [2.24, 2.45) is 0 Å². The summed E-state index contributed by atoms with van der Waals surface area (Å²) in [6, 6.07) is 21.5. The summed E-state index contributed by atoms with van der Waals surface area (Å²) in [6.45, 7) is 5.41. The molecule has 0 aliphatic carbocycles. The first-order valence-electron chi connectivity index (χ1n) is 12.2. The number of hydrogen-bond donors (Lipinski definition) is 4. The lowest BCUT2D eigenvalue weighted by Crippen LogP contribution is -2.43. The number of hydrogen-bond acceptors (Lipinski definition) is 6. The molecule has 1 fully saturated rings. The lowest BCUT2D eigenvalue weighted by atomic mass is 10.1. The molecule has 0 bridgehead atoms. The van der Waals surface area contributed by atoms with Crippen LogP contribution in [0.4, 0.5) is 24.5 Å². The van der Waals surface area contributed by atoms with E-state index in [2.05, 4.69) is 20.3 Å². The van der Waals surface area contributed by atoms with E-state index >= 15 is 0 Å². The predicted octanol–water partition coefficient (Wildman–Crippen LogP) is 3.77. The minimum absolute atomic E-state index is 0.179. The number of nitrogens with one attached hydrogen (secondary N) is 3. The van der Waals surface area contributed by atoms with Crippen molar-refractivity contribution in [2.75, 3.05) is 35.8 Å². The molecular weight excluding hydrogens is 549 g/mol. The normalized spacial score (nSPS) is 13.6. The fraction of sp³-hybridized carbons (Fsp3) is 0.259. The number of carbonyl (C=O) groups excluding carboxylic acids is 1. The van der Waals surface area contributed by atoms with Crippen molar-refractivity contribution in [3.05, 3.63) is 89.5 Å². The van der Waals surface area contributed by atoms with E-state index in [0.29, 0.717) is 17.8 Å². The van der Waals surface area contributed by atoms with Gasteiger partial charge in [0.25, 0.3) is 15.9 Å². The Morgan fingerprint density at radius 1 is 0.975 bits per heavy atom. The number of rotatable bonds is 7. The second-order valence-electron chi connectivity index (χ2n) is 8.86. The number of nitrogens with zero attached hydrogens (tertiary/aromatic N) is 1. The summed E-state index contributed by atoms with van der Waals surface area (Å²) < 4.78 is 60.6. The molecule has 1 saturated heterocycles. The maximum atomic E-state index is 13.1. The van der Waals surface area contributed by atoms with E-state index in [9.17, 15) is 26.4 Å². The second-order valence-corrected chi connectivity index (χ2v) is 10.5. The highest BCUT2D eigenvalue weighted by Gasteiger charge is 2.38. The van der Waals surface area contributed by atoms with Gasteiger partial charge in [0.1, 0.15) is 0 Å². The Morgan fingerprint density at radius 3 is 2.15 bits per heavy atom. The largest absolute Gasteiger partial charge is 0.490 e. The molecule has 0 aromatic heterocycles. The van der Waals surface area contributed by atoms with Gasteiger partial charge in [0, 0.05) is 38.3 Å². The van der Waals surface area contributed by atoms with Crippen LogP contribution in [0.25, 0.3) is 0 Å². The molecule has 0 atom stereocenters. The van der Waals surface area contributed by atoms with Gasteiger partial charge < -0.3 is 20.6 Å². The van der Waals surface area contributed by atoms with Gasteiger partial charge >= 0.3 is 12.1 Å². The Bertz CT molecular complexity index is 1410. The molecule has 1 amide bonds. The lowest BCUT2D eigenvalue weighted by molar-refractivity contribution is -0.192. The quantitative estimate of drug-likeness (QED) is 0.336. The van der Waals surface area contributed by atoms with Gasteiger partial charge in [0.15, 0.2) is 0 Å². The van der Waals surface area contributed by atoms with Gasteiger partial charge in [-0.2, -0.15) is 13.2 Å². The van der Waals surface area contributed by atoms with Crippen molar-refractivity contribution in [3.63, 3.8) is 0 Å². The zero-order valence-corrected chi connectivity index (χ0v) is 22.3. The number of piperazine rings is 1. The Kier molecular flexibility index (Phi) is 10.1. The molecule has 1 aliphatic rings. The standard InChI is InChI=1S/C25H28N4O3S.C2HF3O2/c1-19-7-10-22(11-8-19)33(31,32)28-23-17-21(9-12-24(23)29-15-13-26-14-16-29)25(30)27-18-20-5-3-2-4-6-20;3-2(4,5)1(6)7/h2-12,17,26,28H,13-16,18H2,1H3,(H,27,30);(H,6,7). The Hall–Kier alpha value is -4.10. The molecular formula is C27H29F3N4O5S. The van der Waals surface area contributed by atoms with Gasteiger partial charge in [0.2, 0.25) is 0 Å². The van der Waals surface area contributed by atoms with Crippen molar-refractivity contribution in [1.29, 1.82) is 0 Å². The van der Waals surface area contributed by atoms with Gasteiger partial charge in [-0.15, -0.1) is 0 Å². The highest BCUT2D eigenvalue weighted by molar-refractivity contribution is 7.92. The number of amides is 1. The van der Waals surface area contributed by atoms with E-state index in [1.54, 1.807) is 36.4 Å². The number of anilines is 2. The van der Waals surface area contributed by atoms with E-state index in [0.717, 1.165) is 43.0 Å². The minimum Gasteiger partial charge on any atom is -0.475 e. The van der Waals surface area contributed by atoms with Crippen molar-refractivity contribution in [1.82, 2.24) is 10.6 Å². The van der Waals surface area contributed by atoms with Gasteiger partial charge in [0.05, 0.1) is 16.3 Å². The molecule has 3 aromatic carbocycles. The van der Waals surface area contributed by atoms with Crippen LogP contribution in [-0.4, -0.2) is 57.8 Å². The van der Waals surface area contributed by atoms with Gasteiger partial charge in [-0.1, -0.05) is 48.0 Å². The number of carboxylic acids is 1. The van der Waals surface area contributed by atoms with Crippen LogP contribution in [0.3, 0.4) is 0 Å². The Morgan fingerprint density at radius 2 is 1.57 bits per heavy atom. The zero-order valence-electron chi connectivity index (χ0n) is 21.5. The minimum atomic E-state index is -5.08. The summed E-state index contributed by atoms with van der Waals surface area (Å²) in [6.07, 6.45) is -5.08. The first-order valence-corrected chi connectivity index (χ1v) is 13.7. The molecule has 3 aromatic rings. The molecule has 1 heterocycles. The van der Waals surface area contributed by atoms with Crippen LogP contribution < -0.4 is 20.3 Å². The van der Waals surface area contributed by atoms with Crippen LogP contribution in [0.1, 0.15) is 21.5 Å². The third-order valence-electron chi connectivity index (χ3n) is 5.83. The van der Waals surface area contributed by atoms with Gasteiger partial charge in [-0.05, 0) is 42.8 Å². The van der Waals surface area contributed by atoms with Crippen molar-refractivity contribution in [3.8, 4) is 0 Å². The number of sulfonamides is 1. The topological polar surface area (TPSA) is 128 Å². The SMILES string of the molecule is Cc1ccc(S(=O)(=O)Nc2cc(C(=O)NCc3ccccc3)ccc2N2CCNCC2)cc1.O=C(O)C(F)(F)F. The van der Waals surface area contributed by atoms with Crippen molar-refractivity contribution < 1.29 is 36.3 Å². The van der Waals surface area contributed by atoms with Gasteiger partial charge in [-0.3, -0.25) is 9.52 Å². The lowest BCUT2D eigenvalue weighted by Gasteiger charge is -2.31. The molecule has 1 aliphatic heterocycles. The number of alkyl halides is 3. The third-order valence-corrected chi connectivity index (χ3v) is 7.21. The summed E-state index contributed by atoms with van der Waals surface area (Å²) in [5.74, 6) is -3.02. The molecule has 4 rings (SSSR count). The molecule has 4 N–H and O–H groups in total. The summed E-state index contributed by atoms with van der Waals surface area (Å²) in [4.78, 5) is 24.0. The summed E-state index contributed by atoms with van der Waals surface area (Å²) >= 11 is 0. The first-order chi connectivity index (χ1) is 18.9. The van der Waals surface area contributed by atoms with Gasteiger partial charge in [-0.25, -0.2) is 13.2 Å². The van der Waals surface area contributed by atoms with Crippen LogP contribution in [0, 0.1) is 6.92 Å². The van der Waals surface area contributed by atoms with Crippen LogP contribution in [0.15, 0.2) is 77.7 Å². The summed E-state index contributed by atoms with van der Waals surface area (Å²) in [5, 5.41) is 13.3. The molecule has 0 radical (unpaired) electrons. The van der Waals surface area contributed by atoms with Crippen molar-refractivity contribution in [2.45, 2.75) is 24.5 Å². The fourth-order valence-electron chi connectivity index (χ4n) is 3.74. The maximum Gasteiger partial charge on any atom is 0.490 e. The van der Waals surface area contributed by atoms with E-state index < -0.39 is 22.2 Å². The number of aryl methyl sites for hydroxylation is 1. The number of aliphatic carboxylic acids is 1. The van der Waals surface area contributed by atoms with Crippen LogP contribution in [0.2, 0.25) is 0 Å². The summed E-state index contributed by atoms with van der Waals surface area (Å²) in [5.41, 5.74) is 3.51. The molecule has 0 saturated carbocycles. The fourth-order valence-corrected chi connectivity index (χ4v) is 4.81. The Balaban J connectivity index is 0.000000559. The third kappa shape index (κ3) is 8.71. The number of carboxylic acid groups (broad SMARTS) is 1. The summed E-state index contributed by atoms with van der Waals surface area (Å²) in [7, 11) is -3.81. The molecule has 214 valence electrons. The zero-order chi connectivity index (χ0) is 29.3. The second kappa shape index (κ2) is 13.3. The predicted molar refractivity (Wildman–Crippen MR) is 145 cm³/mol. The molecule has 13 heteroatoms. The highest BCUT2D eigenvalue weighted by atomic mass is 32.2. The molecule has 0 spiro atoms. The van der Waals surface area contributed by atoms with E-state index in [1.165, 1.54) is 0 Å². The average molecular weight is 579 g/mol. The molecule has 40 heavy (non-hydrogen) atoms. The van der Waals surface area contributed by atoms with E-state index in [-0.39, 0.29) is 10.8 Å². The number of halogens is 3. The van der Waals surface area contributed by atoms with Crippen LogP contribution in [-0.2, 0) is 21.4 Å². The maximum absolute atomic E-state index is 13.1. The average Bonchev–Trinajstić information content (AvgIpc) is 2.92. The monoisotopic (exact) mass is 578 g/mol. The Labute approximate surface area is 230 Å². The smallest absolute Gasteiger partial charge is 0.475 e. The van der Waals surface area contributed by atoms with E-state index in [4.69, 9.17) is 9.90 Å². The molecule has 9 nitrogen and oxygen atoms in total. The van der Waals surface area contributed by atoms with Crippen LogP contribution in [0.5, 0.6) is 0 Å². The van der Waals surface area contributed by atoms with Crippen molar-refractivity contribution >= 4 is 33.3 Å². The molecule has 0 unspecified atom stereocenters. The number of carbonyl (C=O) groups is 2.